The monoisotopic (exact) mass is 201 g/mol. The van der Waals surface area contributed by atoms with E-state index >= 15 is 0 Å². The quantitative estimate of drug-likeness (QED) is 0.656. The van der Waals surface area contributed by atoms with Crippen molar-refractivity contribution in [3.8, 4) is 0 Å². The summed E-state index contributed by atoms with van der Waals surface area (Å²) < 4.78 is 45.1. The predicted molar refractivity (Wildman–Crippen MR) is 38.0 cm³/mol. The molecule has 0 aromatic rings. The van der Waals surface area contributed by atoms with E-state index in [0.717, 1.165) is 0 Å². The fourth-order valence-electron chi connectivity index (χ4n) is 0.452. The number of allylic oxidation sites excluding steroid dienone is 1. The first-order valence-corrected chi connectivity index (χ1v) is 5.19. The molecule has 12 heavy (non-hydrogen) atoms. The average Bonchev–Trinajstić information content (AvgIpc) is 1.84. The lowest BCUT2D eigenvalue weighted by atomic mass is 10.4. The molecular formula is C6H9F3O2P-. The second kappa shape index (κ2) is 4.10. The molecule has 2 nitrogen and oxygen atoms in total. The zero-order valence-corrected chi connectivity index (χ0v) is 7.36. The van der Waals surface area contributed by atoms with E-state index in [1.807, 2.05) is 0 Å². The third kappa shape index (κ3) is 6.43. The molecule has 0 rings (SSSR count). The number of rotatable bonds is 3. The van der Waals surface area contributed by atoms with Gasteiger partial charge in [0.15, 0.2) is 0 Å². The highest BCUT2D eigenvalue weighted by molar-refractivity contribution is 7.59. The van der Waals surface area contributed by atoms with Crippen molar-refractivity contribution in [1.82, 2.24) is 0 Å². The molecule has 0 heterocycles. The van der Waals surface area contributed by atoms with Gasteiger partial charge in [0.05, 0.1) is 6.42 Å². The summed E-state index contributed by atoms with van der Waals surface area (Å²) in [5, 5.41) is 0. The van der Waals surface area contributed by atoms with Gasteiger partial charge in [-0.25, -0.2) is 0 Å². The molecule has 0 saturated heterocycles. The first-order chi connectivity index (χ1) is 5.27. The van der Waals surface area contributed by atoms with E-state index in [4.69, 9.17) is 0 Å². The Morgan fingerprint density at radius 1 is 1.50 bits per heavy atom. The molecule has 0 saturated carbocycles. The summed E-state index contributed by atoms with van der Waals surface area (Å²) in [5.41, 5.74) is 0. The maximum absolute atomic E-state index is 11.5. The van der Waals surface area contributed by atoms with Crippen molar-refractivity contribution < 1.29 is 22.6 Å². The molecule has 0 aromatic heterocycles. The molecule has 1 unspecified atom stereocenters. The van der Waals surface area contributed by atoms with E-state index < -0.39 is 20.0 Å². The van der Waals surface area contributed by atoms with Crippen molar-refractivity contribution in [3.05, 3.63) is 11.9 Å². The van der Waals surface area contributed by atoms with Crippen LogP contribution in [0.5, 0.6) is 0 Å². The van der Waals surface area contributed by atoms with Crippen LogP contribution in [0.4, 0.5) is 13.2 Å². The summed E-state index contributed by atoms with van der Waals surface area (Å²) in [6.45, 7) is 1.38. The summed E-state index contributed by atoms with van der Waals surface area (Å²) in [6.07, 6.45) is -5.05. The first-order valence-electron chi connectivity index (χ1n) is 3.31. The van der Waals surface area contributed by atoms with Gasteiger partial charge in [0.2, 0.25) is 0 Å². The highest BCUT2D eigenvalue weighted by Gasteiger charge is 2.24. The Kier molecular flexibility index (Phi) is 4.00. The summed E-state index contributed by atoms with van der Waals surface area (Å²) >= 11 is 0. The molecule has 0 amide bonds. The SMILES string of the molecule is CCP(=O)([O-])C=CCC(F)(F)F. The van der Waals surface area contributed by atoms with Crippen molar-refractivity contribution in [2.45, 2.75) is 19.5 Å². The van der Waals surface area contributed by atoms with Crippen LogP contribution in [-0.2, 0) is 4.57 Å². The van der Waals surface area contributed by atoms with Gasteiger partial charge in [-0.15, -0.1) is 0 Å². The van der Waals surface area contributed by atoms with Gasteiger partial charge in [-0.05, 0) is 12.0 Å². The lowest BCUT2D eigenvalue weighted by Gasteiger charge is -2.15. The summed E-state index contributed by atoms with van der Waals surface area (Å²) in [4.78, 5) is 10.7. The van der Waals surface area contributed by atoms with Gasteiger partial charge in [-0.1, -0.05) is 13.0 Å². The van der Waals surface area contributed by atoms with Crippen LogP contribution in [0, 0.1) is 0 Å². The van der Waals surface area contributed by atoms with Crippen molar-refractivity contribution in [3.63, 3.8) is 0 Å². The van der Waals surface area contributed by atoms with Gasteiger partial charge >= 0.3 is 6.18 Å². The van der Waals surface area contributed by atoms with Crippen LogP contribution in [0.3, 0.4) is 0 Å². The molecule has 0 aliphatic carbocycles. The average molecular weight is 201 g/mol. The third-order valence-corrected chi connectivity index (χ3v) is 2.67. The lowest BCUT2D eigenvalue weighted by Crippen LogP contribution is -2.05. The van der Waals surface area contributed by atoms with Gasteiger partial charge in [0, 0.05) is 7.37 Å². The molecule has 0 N–H and O–H groups in total. The van der Waals surface area contributed by atoms with Crippen LogP contribution >= 0.6 is 7.37 Å². The van der Waals surface area contributed by atoms with Crippen LogP contribution < -0.4 is 4.89 Å². The summed E-state index contributed by atoms with van der Waals surface area (Å²) in [7, 11) is -3.69. The van der Waals surface area contributed by atoms with Crippen LogP contribution in [0.2, 0.25) is 0 Å². The molecule has 0 radical (unpaired) electrons. The highest BCUT2D eigenvalue weighted by Crippen LogP contribution is 2.36. The second-order valence-corrected chi connectivity index (χ2v) is 4.63. The van der Waals surface area contributed by atoms with Gasteiger partial charge in [-0.2, -0.15) is 13.2 Å². The molecule has 1 atom stereocenters. The molecule has 0 bridgehead atoms. The van der Waals surface area contributed by atoms with Crippen LogP contribution in [0.25, 0.3) is 0 Å². The molecule has 0 aliphatic rings. The van der Waals surface area contributed by atoms with Crippen molar-refractivity contribution in [2.24, 2.45) is 0 Å². The number of halogens is 3. The van der Waals surface area contributed by atoms with Gasteiger partial charge in [0.1, 0.15) is 0 Å². The van der Waals surface area contributed by atoms with Crippen molar-refractivity contribution >= 4 is 7.37 Å². The topological polar surface area (TPSA) is 40.1 Å². The predicted octanol–water partition coefficient (Wildman–Crippen LogP) is 2.11. The second-order valence-electron chi connectivity index (χ2n) is 2.25. The van der Waals surface area contributed by atoms with E-state index in [1.165, 1.54) is 6.92 Å². The van der Waals surface area contributed by atoms with Crippen LogP contribution in [-0.4, -0.2) is 12.3 Å². The van der Waals surface area contributed by atoms with Crippen LogP contribution in [0.1, 0.15) is 13.3 Å². The van der Waals surface area contributed by atoms with E-state index in [9.17, 15) is 22.6 Å². The van der Waals surface area contributed by atoms with Crippen LogP contribution in [0.15, 0.2) is 11.9 Å². The van der Waals surface area contributed by atoms with Gasteiger partial charge < -0.3 is 9.46 Å². The standard InChI is InChI=1S/C6H10F3O2P/c1-2-12(10,11)5-3-4-6(7,8)9/h3,5H,2,4H2,1H3,(H,10,11)/p-1. The fourth-order valence-corrected chi connectivity index (χ4v) is 1.09. The van der Waals surface area contributed by atoms with Gasteiger partial charge in [-0.3, -0.25) is 0 Å². The maximum atomic E-state index is 11.5. The smallest absolute Gasteiger partial charge is 0.392 e. The molecule has 6 heteroatoms. The number of hydrogen-bond acceptors (Lipinski definition) is 2. The zero-order valence-electron chi connectivity index (χ0n) is 6.47. The number of alkyl halides is 3. The molecule has 0 aliphatic heterocycles. The zero-order chi connectivity index (χ0) is 9.83. The van der Waals surface area contributed by atoms with Gasteiger partial charge in [0.25, 0.3) is 0 Å². The molecule has 0 fully saturated rings. The van der Waals surface area contributed by atoms with E-state index in [1.54, 1.807) is 0 Å². The highest BCUT2D eigenvalue weighted by atomic mass is 31.2. The summed E-state index contributed by atoms with van der Waals surface area (Å²) in [6, 6.07) is 0. The maximum Gasteiger partial charge on any atom is 0.392 e. The van der Waals surface area contributed by atoms with E-state index in [0.29, 0.717) is 11.9 Å². The minimum atomic E-state index is -4.33. The Morgan fingerprint density at radius 2 is 2.00 bits per heavy atom. The fraction of sp³-hybridized carbons (Fsp3) is 0.667. The first kappa shape index (κ1) is 11.7. The molecule has 0 spiro atoms. The largest absolute Gasteiger partial charge is 0.796 e. The Bertz CT molecular complexity index is 209. The Hall–Kier alpha value is -0.280. The van der Waals surface area contributed by atoms with Crippen molar-refractivity contribution in [1.29, 1.82) is 0 Å². The lowest BCUT2D eigenvalue weighted by molar-refractivity contribution is -0.171. The molecular weight excluding hydrogens is 192 g/mol. The Balaban J connectivity index is 4.02. The minimum absolute atomic E-state index is 0.151. The van der Waals surface area contributed by atoms with E-state index in [-0.39, 0.29) is 6.16 Å². The molecule has 0 aromatic carbocycles. The van der Waals surface area contributed by atoms with Crippen molar-refractivity contribution in [2.75, 3.05) is 6.16 Å². The van der Waals surface area contributed by atoms with E-state index in [2.05, 4.69) is 0 Å². The Labute approximate surface area is 68.5 Å². The molecule has 72 valence electrons. The third-order valence-electron chi connectivity index (χ3n) is 1.12. The minimum Gasteiger partial charge on any atom is -0.796 e. The summed E-state index contributed by atoms with van der Waals surface area (Å²) in [5.74, 6) is 0.625. The number of hydrogen-bond donors (Lipinski definition) is 0. The Morgan fingerprint density at radius 3 is 2.33 bits per heavy atom. The normalized spacial score (nSPS) is 18.1.